The summed E-state index contributed by atoms with van der Waals surface area (Å²) in [6.45, 7) is 19.6. The van der Waals surface area contributed by atoms with E-state index in [2.05, 4.69) is 39.2 Å². The summed E-state index contributed by atoms with van der Waals surface area (Å²) in [5, 5.41) is 2.69. The lowest BCUT2D eigenvalue weighted by molar-refractivity contribution is -0.146. The van der Waals surface area contributed by atoms with Crippen molar-refractivity contribution in [2.75, 3.05) is 6.61 Å². The molecule has 3 atom stereocenters. The van der Waals surface area contributed by atoms with E-state index in [1.807, 2.05) is 0 Å². The molecule has 0 aromatic carbocycles. The van der Waals surface area contributed by atoms with Gasteiger partial charge in [0.2, 0.25) is 0 Å². The molecule has 0 spiro atoms. The minimum Gasteiger partial charge on any atom is -0.444 e. The Morgan fingerprint density at radius 1 is 1.22 bits per heavy atom. The second-order valence-electron chi connectivity index (χ2n) is 10.0. The molecule has 0 aliphatic carbocycles. The molecule has 158 valence electrons. The van der Waals surface area contributed by atoms with Gasteiger partial charge in [0.25, 0.3) is 0 Å². The molecule has 1 N–H and O–H groups in total. The fraction of sp³-hybridized carbons (Fsp3) is 0.895. The van der Waals surface area contributed by atoms with E-state index in [4.69, 9.17) is 18.6 Å². The van der Waals surface area contributed by atoms with Gasteiger partial charge in [-0.15, -0.1) is 0 Å². The Balaban J connectivity index is 3.07. The van der Waals surface area contributed by atoms with Crippen LogP contribution >= 0.6 is 0 Å². The van der Waals surface area contributed by atoms with E-state index in [9.17, 15) is 9.59 Å². The third kappa shape index (κ3) is 7.17. The van der Waals surface area contributed by atoms with Gasteiger partial charge in [-0.1, -0.05) is 20.8 Å². The van der Waals surface area contributed by atoms with Crippen molar-refractivity contribution < 1.29 is 28.2 Å². The minimum absolute atomic E-state index is 0.0863. The number of amides is 1. The van der Waals surface area contributed by atoms with E-state index in [1.165, 1.54) is 0 Å². The van der Waals surface area contributed by atoms with Crippen molar-refractivity contribution in [3.8, 4) is 0 Å². The number of carbonyl (C=O) groups is 2. The number of alkyl carbamates (subject to hydrolysis) is 1. The normalized spacial score (nSPS) is 22.8. The Hall–Kier alpha value is -0.963. The molecule has 1 rings (SSSR count). The van der Waals surface area contributed by atoms with Gasteiger partial charge >= 0.3 is 6.09 Å². The molecule has 0 saturated carbocycles. The van der Waals surface area contributed by atoms with E-state index in [0.717, 1.165) is 6.29 Å². The van der Waals surface area contributed by atoms with Crippen LogP contribution in [0.2, 0.25) is 18.1 Å². The van der Waals surface area contributed by atoms with E-state index < -0.39 is 44.0 Å². The smallest absolute Gasteiger partial charge is 0.408 e. The Kier molecular flexibility index (Phi) is 7.30. The maximum atomic E-state index is 12.4. The number of aldehydes is 1. The first-order chi connectivity index (χ1) is 12.0. The molecule has 1 saturated heterocycles. The summed E-state index contributed by atoms with van der Waals surface area (Å²) in [5.74, 6) is -0.789. The van der Waals surface area contributed by atoms with Gasteiger partial charge in [0.15, 0.2) is 14.1 Å². The molecule has 1 amide bonds. The lowest BCUT2D eigenvalue weighted by atomic mass is 10.1. The lowest BCUT2D eigenvalue weighted by Crippen LogP contribution is -2.58. The number of hydrogen-bond donors (Lipinski definition) is 1. The van der Waals surface area contributed by atoms with E-state index in [0.29, 0.717) is 0 Å². The average Bonchev–Trinajstić information content (AvgIpc) is 2.79. The maximum absolute atomic E-state index is 12.4. The molecule has 1 aliphatic heterocycles. The average molecular weight is 404 g/mol. The van der Waals surface area contributed by atoms with Crippen LogP contribution in [-0.2, 0) is 23.4 Å². The van der Waals surface area contributed by atoms with Crippen LogP contribution in [0.4, 0.5) is 4.79 Å². The van der Waals surface area contributed by atoms with Gasteiger partial charge in [-0.2, -0.15) is 0 Å². The lowest BCUT2D eigenvalue weighted by Gasteiger charge is -2.40. The monoisotopic (exact) mass is 403 g/mol. The molecular weight excluding hydrogens is 366 g/mol. The summed E-state index contributed by atoms with van der Waals surface area (Å²) < 4.78 is 23.2. The summed E-state index contributed by atoms with van der Waals surface area (Å²) in [4.78, 5) is 24.3. The van der Waals surface area contributed by atoms with Gasteiger partial charge in [0.05, 0.1) is 12.6 Å². The number of carbonyl (C=O) groups excluding carboxylic acids is 2. The highest BCUT2D eigenvalue weighted by Crippen LogP contribution is 2.38. The van der Waals surface area contributed by atoms with Crippen LogP contribution in [0.1, 0.15) is 55.4 Å². The van der Waals surface area contributed by atoms with Crippen LogP contribution < -0.4 is 5.32 Å². The molecular formula is C19H37NO6Si. The molecule has 27 heavy (non-hydrogen) atoms. The predicted octanol–water partition coefficient (Wildman–Crippen LogP) is 3.62. The number of nitrogens with one attached hydrogen (secondary N) is 1. The van der Waals surface area contributed by atoms with Crippen molar-refractivity contribution in [2.24, 2.45) is 0 Å². The first kappa shape index (κ1) is 24.1. The van der Waals surface area contributed by atoms with Crippen LogP contribution in [0.3, 0.4) is 0 Å². The van der Waals surface area contributed by atoms with Gasteiger partial charge in [-0.3, -0.25) is 0 Å². The van der Waals surface area contributed by atoms with Crippen molar-refractivity contribution in [1.29, 1.82) is 0 Å². The van der Waals surface area contributed by atoms with Gasteiger partial charge in [-0.25, -0.2) is 4.79 Å². The third-order valence-electron chi connectivity index (χ3n) is 4.84. The first-order valence-corrected chi connectivity index (χ1v) is 12.3. The Morgan fingerprint density at radius 2 is 1.78 bits per heavy atom. The fourth-order valence-electron chi connectivity index (χ4n) is 2.43. The SMILES string of the molecule is CC(C)(C)OC(=O)N[C@H]([C@@H](C=O)O[Si](C)(C)C(C)(C)C)[C@H]1COC(C)(C)O1. The minimum atomic E-state index is -2.26. The molecule has 1 fully saturated rings. The van der Waals surface area contributed by atoms with E-state index >= 15 is 0 Å². The van der Waals surface area contributed by atoms with Crippen LogP contribution in [0.25, 0.3) is 0 Å². The van der Waals surface area contributed by atoms with Crippen molar-refractivity contribution in [3.63, 3.8) is 0 Å². The molecule has 1 heterocycles. The molecule has 0 unspecified atom stereocenters. The van der Waals surface area contributed by atoms with Gasteiger partial charge < -0.3 is 28.7 Å². The molecule has 1 aliphatic rings. The molecule has 0 aromatic rings. The van der Waals surface area contributed by atoms with E-state index in [1.54, 1.807) is 34.6 Å². The maximum Gasteiger partial charge on any atom is 0.408 e. The summed E-state index contributed by atoms with van der Waals surface area (Å²) in [6, 6.07) is -0.715. The van der Waals surface area contributed by atoms with Crippen molar-refractivity contribution in [2.45, 2.75) is 103 Å². The van der Waals surface area contributed by atoms with Crippen molar-refractivity contribution in [1.82, 2.24) is 5.32 Å². The predicted molar refractivity (Wildman–Crippen MR) is 106 cm³/mol. The van der Waals surface area contributed by atoms with Crippen molar-refractivity contribution >= 4 is 20.7 Å². The Morgan fingerprint density at radius 3 is 2.15 bits per heavy atom. The molecule has 0 radical (unpaired) electrons. The van der Waals surface area contributed by atoms with Crippen LogP contribution in [-0.4, -0.2) is 56.9 Å². The van der Waals surface area contributed by atoms with Crippen LogP contribution in [0.5, 0.6) is 0 Å². The quantitative estimate of drug-likeness (QED) is 0.539. The Bertz CT molecular complexity index is 535. The highest BCUT2D eigenvalue weighted by atomic mass is 28.4. The number of hydrogen-bond acceptors (Lipinski definition) is 6. The summed E-state index contributed by atoms with van der Waals surface area (Å²) in [5.41, 5.74) is -0.655. The standard InChI is InChI=1S/C19H37NO6Si/c1-17(2,3)25-16(22)20-15(14-12-23-19(7,8)24-14)13(11-21)26-27(9,10)18(4,5)6/h11,13-15H,12H2,1-10H3,(H,20,22)/t13-,14-,15-/m1/s1. The third-order valence-corrected chi connectivity index (χ3v) is 9.31. The zero-order valence-electron chi connectivity index (χ0n) is 18.5. The first-order valence-electron chi connectivity index (χ1n) is 9.42. The second-order valence-corrected chi connectivity index (χ2v) is 14.8. The van der Waals surface area contributed by atoms with Crippen molar-refractivity contribution in [3.05, 3.63) is 0 Å². The van der Waals surface area contributed by atoms with E-state index in [-0.39, 0.29) is 11.6 Å². The second kappa shape index (κ2) is 8.19. The Labute approximate surface area is 164 Å². The molecule has 7 nitrogen and oxygen atoms in total. The van der Waals surface area contributed by atoms with Crippen LogP contribution in [0, 0.1) is 0 Å². The number of rotatable bonds is 6. The summed E-state index contributed by atoms with van der Waals surface area (Å²) >= 11 is 0. The van der Waals surface area contributed by atoms with Crippen LogP contribution in [0.15, 0.2) is 0 Å². The highest BCUT2D eigenvalue weighted by Gasteiger charge is 2.46. The summed E-state index contributed by atoms with van der Waals surface area (Å²) in [6.07, 6.45) is -1.27. The molecule has 0 bridgehead atoms. The molecule has 8 heteroatoms. The van der Waals surface area contributed by atoms with Gasteiger partial charge in [-0.05, 0) is 52.8 Å². The number of ether oxygens (including phenoxy) is 3. The largest absolute Gasteiger partial charge is 0.444 e. The fourth-order valence-corrected chi connectivity index (χ4v) is 3.66. The zero-order chi connectivity index (χ0) is 21.3. The highest BCUT2D eigenvalue weighted by molar-refractivity contribution is 6.74. The topological polar surface area (TPSA) is 83.1 Å². The van der Waals surface area contributed by atoms with Gasteiger partial charge in [0.1, 0.15) is 24.1 Å². The summed E-state index contributed by atoms with van der Waals surface area (Å²) in [7, 11) is -2.26. The zero-order valence-corrected chi connectivity index (χ0v) is 19.5. The van der Waals surface area contributed by atoms with Gasteiger partial charge in [0, 0.05) is 0 Å². The molecule has 0 aromatic heterocycles.